The molecule has 1 aliphatic rings. The molecule has 2 heteroatoms. The largest absolute Gasteiger partial charge is 0.412 e. The highest BCUT2D eigenvalue weighted by Crippen LogP contribution is 2.16. The van der Waals surface area contributed by atoms with Gasteiger partial charge in [-0.2, -0.15) is 0 Å². The fraction of sp³-hybridized carbons (Fsp3) is 1.00. The molecular formula is C5H12O2. The molecule has 7 heavy (non-hydrogen) atoms. The van der Waals surface area contributed by atoms with Gasteiger partial charge in [0.1, 0.15) is 0 Å². The molecule has 0 spiro atoms. The first-order valence-corrected chi connectivity index (χ1v) is 2.57. The molecule has 1 aliphatic carbocycles. The number of aliphatic hydroxyl groups excluding tert-OH is 1. The second kappa shape index (κ2) is 2.99. The van der Waals surface area contributed by atoms with Gasteiger partial charge in [0.25, 0.3) is 0 Å². The summed E-state index contributed by atoms with van der Waals surface area (Å²) in [5.41, 5.74) is 0. The molecule has 0 aliphatic heterocycles. The van der Waals surface area contributed by atoms with Gasteiger partial charge in [-0.15, -0.1) is 0 Å². The molecular weight excluding hydrogens is 92.1 g/mol. The number of aliphatic hydroxyl groups is 1. The average molecular weight is 104 g/mol. The monoisotopic (exact) mass is 104 g/mol. The number of rotatable bonds is 0. The molecule has 0 aromatic rings. The fourth-order valence-electron chi connectivity index (χ4n) is 0.904. The zero-order valence-electron chi connectivity index (χ0n) is 4.35. The van der Waals surface area contributed by atoms with E-state index in [-0.39, 0.29) is 11.6 Å². The average Bonchev–Trinajstić information content (AvgIpc) is 1.86. The Balaban J connectivity index is 0.000000360. The lowest BCUT2D eigenvalue weighted by molar-refractivity contribution is 0.183. The van der Waals surface area contributed by atoms with E-state index < -0.39 is 0 Å². The molecule has 0 amide bonds. The summed E-state index contributed by atoms with van der Waals surface area (Å²) in [7, 11) is 0. The van der Waals surface area contributed by atoms with Crippen molar-refractivity contribution in [2.45, 2.75) is 31.8 Å². The molecule has 0 atom stereocenters. The van der Waals surface area contributed by atoms with Crippen molar-refractivity contribution in [3.63, 3.8) is 0 Å². The second-order valence-electron chi connectivity index (χ2n) is 1.94. The Morgan fingerprint density at radius 2 is 1.57 bits per heavy atom. The topological polar surface area (TPSA) is 51.7 Å². The lowest BCUT2D eigenvalue weighted by Crippen LogP contribution is -1.94. The van der Waals surface area contributed by atoms with E-state index in [0.29, 0.717) is 0 Å². The van der Waals surface area contributed by atoms with Crippen LogP contribution in [0.25, 0.3) is 0 Å². The minimum Gasteiger partial charge on any atom is -0.412 e. The van der Waals surface area contributed by atoms with Gasteiger partial charge in [-0.1, -0.05) is 12.8 Å². The lowest BCUT2D eigenvalue weighted by Gasteiger charge is -1.91. The molecule has 0 heterocycles. The minimum absolute atomic E-state index is 0. The van der Waals surface area contributed by atoms with Gasteiger partial charge < -0.3 is 10.6 Å². The van der Waals surface area contributed by atoms with Crippen molar-refractivity contribution >= 4 is 0 Å². The molecule has 44 valence electrons. The maximum absolute atomic E-state index is 8.73. The van der Waals surface area contributed by atoms with Crippen molar-refractivity contribution < 1.29 is 10.6 Å². The third-order valence-corrected chi connectivity index (χ3v) is 1.32. The summed E-state index contributed by atoms with van der Waals surface area (Å²) in [5.74, 6) is 0. The third-order valence-electron chi connectivity index (χ3n) is 1.32. The maximum atomic E-state index is 8.73. The SMILES string of the molecule is O.OC1CCCC1. The van der Waals surface area contributed by atoms with Gasteiger partial charge in [-0.05, 0) is 12.8 Å². The van der Waals surface area contributed by atoms with Crippen molar-refractivity contribution in [3.05, 3.63) is 0 Å². The van der Waals surface area contributed by atoms with E-state index in [2.05, 4.69) is 0 Å². The van der Waals surface area contributed by atoms with E-state index >= 15 is 0 Å². The first-order valence-electron chi connectivity index (χ1n) is 2.57. The van der Waals surface area contributed by atoms with Gasteiger partial charge in [0.05, 0.1) is 6.10 Å². The van der Waals surface area contributed by atoms with Gasteiger partial charge in [0.15, 0.2) is 0 Å². The predicted octanol–water partition coefficient (Wildman–Crippen LogP) is 0.0966. The van der Waals surface area contributed by atoms with Gasteiger partial charge in [0.2, 0.25) is 0 Å². The number of hydrogen-bond donors (Lipinski definition) is 1. The highest BCUT2D eigenvalue weighted by atomic mass is 16.3. The standard InChI is InChI=1S/C5H10O.H2O/c6-5-3-1-2-4-5;/h5-6H,1-4H2;1H2. The Labute approximate surface area is 43.5 Å². The summed E-state index contributed by atoms with van der Waals surface area (Å²) in [6.45, 7) is 0. The van der Waals surface area contributed by atoms with Crippen LogP contribution in [0.1, 0.15) is 25.7 Å². The Morgan fingerprint density at radius 3 is 1.71 bits per heavy atom. The fourth-order valence-corrected chi connectivity index (χ4v) is 0.904. The molecule has 1 saturated carbocycles. The summed E-state index contributed by atoms with van der Waals surface area (Å²) >= 11 is 0. The van der Waals surface area contributed by atoms with Crippen LogP contribution >= 0.6 is 0 Å². The van der Waals surface area contributed by atoms with E-state index in [1.54, 1.807) is 0 Å². The minimum atomic E-state index is 0. The van der Waals surface area contributed by atoms with Crippen molar-refractivity contribution in [2.24, 2.45) is 0 Å². The van der Waals surface area contributed by atoms with Crippen LogP contribution in [0.3, 0.4) is 0 Å². The smallest absolute Gasteiger partial charge is 0.0540 e. The zero-order chi connectivity index (χ0) is 4.41. The Bertz CT molecular complexity index is 39.3. The Kier molecular flexibility index (Phi) is 2.96. The van der Waals surface area contributed by atoms with Crippen LogP contribution in [0.4, 0.5) is 0 Å². The predicted molar refractivity (Wildman–Crippen MR) is 28.1 cm³/mol. The number of hydrogen-bond acceptors (Lipinski definition) is 1. The van der Waals surface area contributed by atoms with Gasteiger partial charge in [-0.25, -0.2) is 0 Å². The van der Waals surface area contributed by atoms with Crippen LogP contribution in [0.5, 0.6) is 0 Å². The lowest BCUT2D eigenvalue weighted by atomic mass is 10.3. The second-order valence-corrected chi connectivity index (χ2v) is 1.94. The summed E-state index contributed by atoms with van der Waals surface area (Å²) in [5, 5.41) is 8.73. The molecule has 0 unspecified atom stereocenters. The summed E-state index contributed by atoms with van der Waals surface area (Å²) < 4.78 is 0. The van der Waals surface area contributed by atoms with E-state index in [1.165, 1.54) is 12.8 Å². The van der Waals surface area contributed by atoms with E-state index in [0.717, 1.165) is 12.8 Å². The summed E-state index contributed by atoms with van der Waals surface area (Å²) in [4.78, 5) is 0. The van der Waals surface area contributed by atoms with E-state index in [9.17, 15) is 0 Å². The van der Waals surface area contributed by atoms with Crippen LogP contribution in [0, 0.1) is 0 Å². The van der Waals surface area contributed by atoms with Crippen molar-refractivity contribution in [1.29, 1.82) is 0 Å². The normalized spacial score (nSPS) is 21.9. The van der Waals surface area contributed by atoms with Crippen LogP contribution < -0.4 is 0 Å². The molecule has 0 radical (unpaired) electrons. The highest BCUT2D eigenvalue weighted by Gasteiger charge is 2.09. The summed E-state index contributed by atoms with van der Waals surface area (Å²) in [6.07, 6.45) is 4.60. The quantitative estimate of drug-likeness (QED) is 0.465. The van der Waals surface area contributed by atoms with Crippen LogP contribution in [-0.4, -0.2) is 16.7 Å². The van der Waals surface area contributed by atoms with Crippen molar-refractivity contribution in [3.8, 4) is 0 Å². The van der Waals surface area contributed by atoms with E-state index in [1.807, 2.05) is 0 Å². The molecule has 2 nitrogen and oxygen atoms in total. The highest BCUT2D eigenvalue weighted by molar-refractivity contribution is 4.63. The molecule has 0 bridgehead atoms. The molecule has 0 aromatic carbocycles. The zero-order valence-corrected chi connectivity index (χ0v) is 4.35. The molecule has 0 saturated heterocycles. The molecule has 1 fully saturated rings. The summed E-state index contributed by atoms with van der Waals surface area (Å²) in [6, 6.07) is 0. The van der Waals surface area contributed by atoms with Gasteiger partial charge in [-0.3, -0.25) is 0 Å². The molecule has 3 N–H and O–H groups in total. The van der Waals surface area contributed by atoms with Crippen LogP contribution in [0.15, 0.2) is 0 Å². The van der Waals surface area contributed by atoms with Crippen molar-refractivity contribution in [2.75, 3.05) is 0 Å². The first-order chi connectivity index (χ1) is 2.89. The Morgan fingerprint density at radius 1 is 1.14 bits per heavy atom. The maximum Gasteiger partial charge on any atom is 0.0540 e. The van der Waals surface area contributed by atoms with Gasteiger partial charge in [0, 0.05) is 0 Å². The van der Waals surface area contributed by atoms with Gasteiger partial charge >= 0.3 is 0 Å². The molecule has 0 aromatic heterocycles. The van der Waals surface area contributed by atoms with Crippen LogP contribution in [0.2, 0.25) is 0 Å². The first kappa shape index (κ1) is 6.92. The van der Waals surface area contributed by atoms with Crippen LogP contribution in [-0.2, 0) is 0 Å². The van der Waals surface area contributed by atoms with E-state index in [4.69, 9.17) is 5.11 Å². The van der Waals surface area contributed by atoms with Crippen molar-refractivity contribution in [1.82, 2.24) is 0 Å². The Hall–Kier alpha value is -0.0800. The third kappa shape index (κ3) is 1.90. The molecule has 1 rings (SSSR count).